The molecule has 1 aliphatic rings. The number of carbonyl (C=O) groups excluding carboxylic acids is 1. The number of anilines is 1. The summed E-state index contributed by atoms with van der Waals surface area (Å²) in [5.41, 5.74) is 9.61. The third kappa shape index (κ3) is 4.99. The Labute approximate surface area is 197 Å². The maximum absolute atomic E-state index is 11.6. The normalized spacial score (nSPS) is 13.6. The summed E-state index contributed by atoms with van der Waals surface area (Å²) in [6, 6.07) is 13.7. The summed E-state index contributed by atoms with van der Waals surface area (Å²) in [5, 5.41) is 7.82. The van der Waals surface area contributed by atoms with Crippen LogP contribution in [0, 0.1) is 0 Å². The Balaban J connectivity index is 0.00000259. The third-order valence-corrected chi connectivity index (χ3v) is 5.62. The van der Waals surface area contributed by atoms with Gasteiger partial charge in [0.05, 0.1) is 12.0 Å². The molecule has 0 atom stereocenters. The van der Waals surface area contributed by atoms with Gasteiger partial charge in [-0.15, -0.1) is 17.5 Å². The SMILES string of the molecule is Cl.Nc1nc(-c2ccc(CNCCCN3CCCC3=O)cc2)cc2nc(-c3ccco3)nn12. The molecule has 1 saturated heterocycles. The minimum absolute atomic E-state index is 0. The molecule has 172 valence electrons. The number of nitrogens with two attached hydrogens (primary N) is 1. The van der Waals surface area contributed by atoms with Crippen molar-refractivity contribution in [2.75, 3.05) is 25.4 Å². The summed E-state index contributed by atoms with van der Waals surface area (Å²) in [6.07, 6.45) is 4.24. The van der Waals surface area contributed by atoms with E-state index < -0.39 is 0 Å². The molecular formula is C23H26ClN7O2. The Bertz CT molecular complexity index is 1220. The molecule has 5 rings (SSSR count). The Kier molecular flexibility index (Phi) is 6.90. The number of nitrogen functional groups attached to an aromatic ring is 1. The number of rotatable bonds is 8. The Hall–Kier alpha value is -3.43. The number of nitrogens with zero attached hydrogens (tertiary/aromatic N) is 5. The molecule has 10 heteroatoms. The molecule has 4 heterocycles. The Morgan fingerprint density at radius 3 is 2.73 bits per heavy atom. The molecule has 3 aromatic heterocycles. The van der Waals surface area contributed by atoms with E-state index in [9.17, 15) is 4.79 Å². The van der Waals surface area contributed by atoms with Crippen molar-refractivity contribution < 1.29 is 9.21 Å². The van der Waals surface area contributed by atoms with Gasteiger partial charge in [0.2, 0.25) is 17.7 Å². The lowest BCUT2D eigenvalue weighted by molar-refractivity contribution is -0.127. The first-order valence-corrected chi connectivity index (χ1v) is 10.8. The van der Waals surface area contributed by atoms with Gasteiger partial charge in [-0.2, -0.15) is 4.52 Å². The predicted molar refractivity (Wildman–Crippen MR) is 128 cm³/mol. The van der Waals surface area contributed by atoms with Crippen molar-refractivity contribution in [3.63, 3.8) is 0 Å². The lowest BCUT2D eigenvalue weighted by atomic mass is 10.1. The second-order valence-corrected chi connectivity index (χ2v) is 7.89. The number of nitrogens with one attached hydrogen (secondary N) is 1. The number of fused-ring (bicyclic) bond motifs is 1. The maximum Gasteiger partial charge on any atom is 0.223 e. The molecular weight excluding hydrogens is 442 g/mol. The smallest absolute Gasteiger partial charge is 0.223 e. The number of likely N-dealkylation sites (tertiary alicyclic amines) is 1. The fourth-order valence-electron chi connectivity index (χ4n) is 3.93. The largest absolute Gasteiger partial charge is 0.461 e. The molecule has 3 N–H and O–H groups in total. The van der Waals surface area contributed by atoms with Crippen molar-refractivity contribution in [3.05, 3.63) is 54.3 Å². The Morgan fingerprint density at radius 1 is 1.15 bits per heavy atom. The van der Waals surface area contributed by atoms with E-state index >= 15 is 0 Å². The van der Waals surface area contributed by atoms with Crippen LogP contribution >= 0.6 is 12.4 Å². The fourth-order valence-corrected chi connectivity index (χ4v) is 3.93. The monoisotopic (exact) mass is 467 g/mol. The highest BCUT2D eigenvalue weighted by Crippen LogP contribution is 2.23. The van der Waals surface area contributed by atoms with Gasteiger partial charge in [-0.1, -0.05) is 24.3 Å². The van der Waals surface area contributed by atoms with Crippen LogP contribution in [0.5, 0.6) is 0 Å². The van der Waals surface area contributed by atoms with E-state index in [1.807, 2.05) is 23.1 Å². The predicted octanol–water partition coefficient (Wildman–Crippen LogP) is 3.16. The van der Waals surface area contributed by atoms with Gasteiger partial charge in [0.1, 0.15) is 0 Å². The van der Waals surface area contributed by atoms with Crippen LogP contribution < -0.4 is 11.1 Å². The number of halogens is 1. The van der Waals surface area contributed by atoms with Gasteiger partial charge < -0.3 is 20.4 Å². The molecule has 0 bridgehead atoms. The summed E-state index contributed by atoms with van der Waals surface area (Å²) in [5.74, 6) is 1.61. The van der Waals surface area contributed by atoms with Gasteiger partial charge in [-0.05, 0) is 37.1 Å². The Morgan fingerprint density at radius 2 is 2.00 bits per heavy atom. The van der Waals surface area contributed by atoms with Gasteiger partial charge in [0, 0.05) is 37.7 Å². The second-order valence-electron chi connectivity index (χ2n) is 7.89. The lowest BCUT2D eigenvalue weighted by Gasteiger charge is -2.15. The molecule has 1 aliphatic heterocycles. The van der Waals surface area contributed by atoms with Crippen molar-refractivity contribution >= 4 is 29.9 Å². The number of benzene rings is 1. The molecule has 9 nitrogen and oxygen atoms in total. The third-order valence-electron chi connectivity index (χ3n) is 5.62. The van der Waals surface area contributed by atoms with E-state index in [1.165, 1.54) is 10.1 Å². The van der Waals surface area contributed by atoms with Crippen LogP contribution in [0.15, 0.2) is 53.1 Å². The molecule has 4 aromatic rings. The number of hydrogen-bond acceptors (Lipinski definition) is 7. The first kappa shape index (κ1) is 22.8. The molecule has 1 amide bonds. The number of hydrogen-bond donors (Lipinski definition) is 2. The molecule has 0 spiro atoms. The van der Waals surface area contributed by atoms with Gasteiger partial charge in [0.25, 0.3) is 0 Å². The molecule has 0 unspecified atom stereocenters. The van der Waals surface area contributed by atoms with E-state index in [0.717, 1.165) is 50.3 Å². The van der Waals surface area contributed by atoms with Crippen LogP contribution in [0.25, 0.3) is 28.5 Å². The fraction of sp³-hybridized carbons (Fsp3) is 0.304. The standard InChI is InChI=1S/C23H25N7O2.ClH/c24-23-26-18(14-20-27-22(28-30(20)23)19-4-2-13-32-19)17-8-6-16(7-9-17)15-25-10-3-12-29-11-1-5-21(29)31;/h2,4,6-9,13-14,25H,1,3,5,10-12,15H2,(H2,24,26);1H. The zero-order chi connectivity index (χ0) is 21.9. The number of carbonyl (C=O) groups is 1. The van der Waals surface area contributed by atoms with Gasteiger partial charge >= 0.3 is 0 Å². The number of furan rings is 1. The van der Waals surface area contributed by atoms with Crippen LogP contribution in [0.3, 0.4) is 0 Å². The highest BCUT2D eigenvalue weighted by molar-refractivity contribution is 5.85. The summed E-state index contributed by atoms with van der Waals surface area (Å²) < 4.78 is 6.88. The zero-order valence-corrected chi connectivity index (χ0v) is 18.9. The van der Waals surface area contributed by atoms with Crippen molar-refractivity contribution in [3.8, 4) is 22.8 Å². The van der Waals surface area contributed by atoms with Crippen molar-refractivity contribution in [2.45, 2.75) is 25.8 Å². The van der Waals surface area contributed by atoms with Crippen LogP contribution in [0.1, 0.15) is 24.8 Å². The lowest BCUT2D eigenvalue weighted by Crippen LogP contribution is -2.28. The van der Waals surface area contributed by atoms with Crippen LogP contribution in [0.4, 0.5) is 5.95 Å². The first-order chi connectivity index (χ1) is 15.7. The second kappa shape index (κ2) is 10.0. The topological polar surface area (TPSA) is 115 Å². The number of amides is 1. The van der Waals surface area contributed by atoms with Gasteiger partial charge in [0.15, 0.2) is 11.4 Å². The maximum atomic E-state index is 11.6. The van der Waals surface area contributed by atoms with Crippen molar-refractivity contribution in [1.82, 2.24) is 29.8 Å². The molecule has 0 radical (unpaired) electrons. The van der Waals surface area contributed by atoms with Gasteiger partial charge in [-0.25, -0.2) is 9.97 Å². The summed E-state index contributed by atoms with van der Waals surface area (Å²) in [7, 11) is 0. The van der Waals surface area contributed by atoms with Crippen LogP contribution in [0.2, 0.25) is 0 Å². The van der Waals surface area contributed by atoms with Crippen molar-refractivity contribution in [2.24, 2.45) is 0 Å². The van der Waals surface area contributed by atoms with Gasteiger partial charge in [-0.3, -0.25) is 4.79 Å². The van der Waals surface area contributed by atoms with E-state index in [-0.39, 0.29) is 24.3 Å². The minimum Gasteiger partial charge on any atom is -0.461 e. The average molecular weight is 468 g/mol. The zero-order valence-electron chi connectivity index (χ0n) is 18.1. The summed E-state index contributed by atoms with van der Waals surface area (Å²) in [4.78, 5) is 22.6. The molecule has 0 saturated carbocycles. The van der Waals surface area contributed by atoms with E-state index in [2.05, 4.69) is 32.5 Å². The molecule has 0 aliphatic carbocycles. The highest BCUT2D eigenvalue weighted by Gasteiger charge is 2.18. The average Bonchev–Trinajstić information content (AvgIpc) is 3.55. The van der Waals surface area contributed by atoms with E-state index in [0.29, 0.717) is 23.7 Å². The van der Waals surface area contributed by atoms with Crippen LogP contribution in [-0.2, 0) is 11.3 Å². The van der Waals surface area contributed by atoms with E-state index in [4.69, 9.17) is 10.2 Å². The molecule has 1 fully saturated rings. The minimum atomic E-state index is 0. The molecule has 1 aromatic carbocycles. The summed E-state index contributed by atoms with van der Waals surface area (Å²) >= 11 is 0. The summed E-state index contributed by atoms with van der Waals surface area (Å²) in [6.45, 7) is 3.40. The van der Waals surface area contributed by atoms with Crippen molar-refractivity contribution in [1.29, 1.82) is 0 Å². The van der Waals surface area contributed by atoms with E-state index in [1.54, 1.807) is 18.4 Å². The number of aromatic nitrogens is 4. The quantitative estimate of drug-likeness (QED) is 0.382. The highest BCUT2D eigenvalue weighted by atomic mass is 35.5. The first-order valence-electron chi connectivity index (χ1n) is 10.8. The molecule has 33 heavy (non-hydrogen) atoms. The van der Waals surface area contributed by atoms with Crippen LogP contribution in [-0.4, -0.2) is 50.0 Å².